The van der Waals surface area contributed by atoms with Gasteiger partial charge in [0, 0.05) is 36.9 Å². The van der Waals surface area contributed by atoms with E-state index in [0.29, 0.717) is 37.2 Å². The molecule has 0 saturated carbocycles. The monoisotopic (exact) mass is 543 g/mol. The first kappa shape index (κ1) is 25.2. The number of nitrogens with one attached hydrogen (secondary N) is 2. The van der Waals surface area contributed by atoms with E-state index < -0.39 is 0 Å². The maximum atomic E-state index is 13.5. The highest BCUT2D eigenvalue weighted by Gasteiger charge is 2.34. The van der Waals surface area contributed by atoms with Gasteiger partial charge in [-0.15, -0.1) is 24.0 Å². The maximum Gasteiger partial charge on any atom is 0.195 e. The first-order valence-electron chi connectivity index (χ1n) is 10.2. The third kappa shape index (κ3) is 6.46. The van der Waals surface area contributed by atoms with Crippen LogP contribution in [0, 0.1) is 5.82 Å². The molecule has 170 valence electrons. The lowest BCUT2D eigenvalue weighted by Gasteiger charge is -2.36. The molecule has 2 aromatic carbocycles. The minimum atomic E-state index is -0.229. The van der Waals surface area contributed by atoms with Crippen molar-refractivity contribution in [3.05, 3.63) is 53.8 Å². The highest BCUT2D eigenvalue weighted by molar-refractivity contribution is 14.0. The van der Waals surface area contributed by atoms with Crippen LogP contribution in [0.3, 0.4) is 0 Å². The van der Waals surface area contributed by atoms with Crippen molar-refractivity contribution in [1.82, 2.24) is 5.32 Å². The molecule has 0 spiro atoms. The number of anilines is 1. The Hall–Kier alpha value is -2.07. The molecule has 1 aliphatic heterocycles. The van der Waals surface area contributed by atoms with Crippen LogP contribution in [0.25, 0.3) is 0 Å². The van der Waals surface area contributed by atoms with E-state index in [4.69, 9.17) is 19.2 Å². The fourth-order valence-electron chi connectivity index (χ4n) is 3.69. The fourth-order valence-corrected chi connectivity index (χ4v) is 3.69. The number of guanidine groups is 1. The van der Waals surface area contributed by atoms with Gasteiger partial charge in [-0.1, -0.05) is 12.1 Å². The Kier molecular flexibility index (Phi) is 9.83. The Morgan fingerprint density at radius 1 is 1.06 bits per heavy atom. The summed E-state index contributed by atoms with van der Waals surface area (Å²) < 4.78 is 29.7. The molecule has 31 heavy (non-hydrogen) atoms. The number of methoxy groups -OCH3 is 2. The van der Waals surface area contributed by atoms with Crippen LogP contribution in [-0.2, 0) is 10.2 Å². The lowest BCUT2D eigenvalue weighted by atomic mass is 9.74. The standard InChI is InChI=1S/C23H30FN3O3.HI/c1-4-25-22(27-19-9-10-20(28-2)21(15-19)29-3)26-16-23(11-13-30-14-12-23)17-5-7-18(24)8-6-17;/h5-10,15H,4,11-14,16H2,1-3H3,(H2,25,26,27);1H. The second-order valence-electron chi connectivity index (χ2n) is 7.29. The van der Waals surface area contributed by atoms with Gasteiger partial charge in [-0.25, -0.2) is 4.39 Å². The van der Waals surface area contributed by atoms with Crippen LogP contribution in [0.4, 0.5) is 10.1 Å². The van der Waals surface area contributed by atoms with E-state index in [-0.39, 0.29) is 35.2 Å². The predicted octanol–water partition coefficient (Wildman–Crippen LogP) is 4.59. The van der Waals surface area contributed by atoms with Crippen LogP contribution in [-0.4, -0.2) is 46.5 Å². The van der Waals surface area contributed by atoms with Crippen LogP contribution in [0.1, 0.15) is 25.3 Å². The molecule has 2 aromatic rings. The van der Waals surface area contributed by atoms with E-state index in [1.54, 1.807) is 14.2 Å². The predicted molar refractivity (Wildman–Crippen MR) is 133 cm³/mol. The van der Waals surface area contributed by atoms with E-state index in [1.807, 2.05) is 37.3 Å². The van der Waals surface area contributed by atoms with Gasteiger partial charge in [0.05, 0.1) is 20.8 Å². The van der Waals surface area contributed by atoms with Crippen LogP contribution in [0.5, 0.6) is 11.5 Å². The number of benzene rings is 2. The van der Waals surface area contributed by atoms with E-state index in [2.05, 4.69) is 10.6 Å². The Balaban J connectivity index is 0.00000341. The molecule has 1 saturated heterocycles. The number of aliphatic imine (C=N–C) groups is 1. The van der Waals surface area contributed by atoms with Crippen LogP contribution >= 0.6 is 24.0 Å². The molecule has 0 aromatic heterocycles. The Bertz CT molecular complexity index is 856. The van der Waals surface area contributed by atoms with E-state index in [9.17, 15) is 4.39 Å². The third-order valence-corrected chi connectivity index (χ3v) is 5.44. The molecule has 0 atom stereocenters. The van der Waals surface area contributed by atoms with E-state index in [1.165, 1.54) is 12.1 Å². The molecule has 0 unspecified atom stereocenters. The van der Waals surface area contributed by atoms with Crippen LogP contribution < -0.4 is 20.1 Å². The molecule has 1 fully saturated rings. The molecule has 6 nitrogen and oxygen atoms in total. The Morgan fingerprint density at radius 3 is 2.35 bits per heavy atom. The largest absolute Gasteiger partial charge is 0.493 e. The molecule has 1 aliphatic rings. The van der Waals surface area contributed by atoms with Crippen molar-refractivity contribution in [2.45, 2.75) is 25.2 Å². The molecule has 3 rings (SSSR count). The van der Waals surface area contributed by atoms with Crippen molar-refractivity contribution in [2.75, 3.05) is 45.8 Å². The molecule has 8 heteroatoms. The van der Waals surface area contributed by atoms with Gasteiger partial charge in [-0.05, 0) is 49.6 Å². The van der Waals surface area contributed by atoms with Crippen molar-refractivity contribution < 1.29 is 18.6 Å². The van der Waals surface area contributed by atoms with Crippen molar-refractivity contribution in [3.63, 3.8) is 0 Å². The van der Waals surface area contributed by atoms with Crippen molar-refractivity contribution in [3.8, 4) is 11.5 Å². The summed E-state index contributed by atoms with van der Waals surface area (Å²) in [5.41, 5.74) is 1.76. The zero-order valence-electron chi connectivity index (χ0n) is 18.2. The van der Waals surface area contributed by atoms with Gasteiger partial charge >= 0.3 is 0 Å². The SMILES string of the molecule is CCNC(=NCC1(c2ccc(F)cc2)CCOCC1)Nc1ccc(OC)c(OC)c1.I. The maximum absolute atomic E-state index is 13.5. The minimum Gasteiger partial charge on any atom is -0.493 e. The van der Waals surface area contributed by atoms with Gasteiger partial charge in [0.25, 0.3) is 0 Å². The average molecular weight is 543 g/mol. The van der Waals surface area contributed by atoms with Crippen LogP contribution in [0.15, 0.2) is 47.5 Å². The molecule has 1 heterocycles. The van der Waals surface area contributed by atoms with Gasteiger partial charge < -0.3 is 24.8 Å². The summed E-state index contributed by atoms with van der Waals surface area (Å²) in [6, 6.07) is 12.4. The lowest BCUT2D eigenvalue weighted by Crippen LogP contribution is -2.39. The van der Waals surface area contributed by atoms with Crippen molar-refractivity contribution in [1.29, 1.82) is 0 Å². The number of rotatable bonds is 7. The number of hydrogen-bond donors (Lipinski definition) is 2. The summed E-state index contributed by atoms with van der Waals surface area (Å²) in [5, 5.41) is 6.63. The molecular formula is C23H31FIN3O3. The average Bonchev–Trinajstić information content (AvgIpc) is 2.78. The Morgan fingerprint density at radius 2 is 1.74 bits per heavy atom. The van der Waals surface area contributed by atoms with Gasteiger partial charge in [0.2, 0.25) is 0 Å². The smallest absolute Gasteiger partial charge is 0.195 e. The zero-order valence-corrected chi connectivity index (χ0v) is 20.6. The lowest BCUT2D eigenvalue weighted by molar-refractivity contribution is 0.0531. The molecule has 0 amide bonds. The Labute approximate surface area is 200 Å². The summed E-state index contributed by atoms with van der Waals surface area (Å²) in [6.45, 7) is 4.67. The van der Waals surface area contributed by atoms with E-state index >= 15 is 0 Å². The summed E-state index contributed by atoms with van der Waals surface area (Å²) >= 11 is 0. The summed E-state index contributed by atoms with van der Waals surface area (Å²) in [4.78, 5) is 4.87. The van der Waals surface area contributed by atoms with Gasteiger partial charge in [0.15, 0.2) is 17.5 Å². The zero-order chi connectivity index (χ0) is 21.4. The molecule has 0 bridgehead atoms. The van der Waals surface area contributed by atoms with Gasteiger partial charge in [0.1, 0.15) is 5.82 Å². The van der Waals surface area contributed by atoms with Gasteiger partial charge in [-0.2, -0.15) is 0 Å². The number of hydrogen-bond acceptors (Lipinski definition) is 4. The summed E-state index contributed by atoms with van der Waals surface area (Å²) in [5.74, 6) is 1.76. The quantitative estimate of drug-likeness (QED) is 0.304. The van der Waals surface area contributed by atoms with Gasteiger partial charge in [-0.3, -0.25) is 4.99 Å². The minimum absolute atomic E-state index is 0. The summed E-state index contributed by atoms with van der Waals surface area (Å²) in [6.07, 6.45) is 1.69. The highest BCUT2D eigenvalue weighted by atomic mass is 127. The van der Waals surface area contributed by atoms with E-state index in [0.717, 1.165) is 30.6 Å². The fraction of sp³-hybridized carbons (Fsp3) is 0.435. The summed E-state index contributed by atoms with van der Waals surface area (Å²) in [7, 11) is 3.22. The molecule has 0 aliphatic carbocycles. The van der Waals surface area contributed by atoms with Crippen molar-refractivity contribution >= 4 is 35.6 Å². The number of ether oxygens (including phenoxy) is 3. The number of halogens is 2. The second kappa shape index (κ2) is 12.1. The first-order valence-corrected chi connectivity index (χ1v) is 10.2. The van der Waals surface area contributed by atoms with Crippen molar-refractivity contribution in [2.24, 2.45) is 4.99 Å². The third-order valence-electron chi connectivity index (χ3n) is 5.44. The second-order valence-corrected chi connectivity index (χ2v) is 7.29. The topological polar surface area (TPSA) is 64.1 Å². The first-order chi connectivity index (χ1) is 14.6. The normalized spacial score (nSPS) is 15.5. The molecule has 2 N–H and O–H groups in total. The number of nitrogens with zero attached hydrogens (tertiary/aromatic N) is 1. The van der Waals surface area contributed by atoms with Crippen LogP contribution in [0.2, 0.25) is 0 Å². The highest BCUT2D eigenvalue weighted by Crippen LogP contribution is 2.35. The molecule has 0 radical (unpaired) electrons. The molecular weight excluding hydrogens is 512 g/mol.